The van der Waals surface area contributed by atoms with Crippen molar-refractivity contribution in [2.75, 3.05) is 19.7 Å². The first-order valence-corrected chi connectivity index (χ1v) is 11.7. The molecule has 5 nitrogen and oxygen atoms in total. The largest absolute Gasteiger partial charge is 0.492 e. The smallest absolute Gasteiger partial charge is 0.303 e. The molecule has 1 saturated heterocycles. The Morgan fingerprint density at radius 2 is 1.87 bits per heavy atom. The lowest BCUT2D eigenvalue weighted by atomic mass is 10.0. The van der Waals surface area contributed by atoms with Crippen molar-refractivity contribution in [2.24, 2.45) is 0 Å². The molecule has 0 saturated carbocycles. The van der Waals surface area contributed by atoms with E-state index in [1.807, 2.05) is 23.7 Å². The van der Waals surface area contributed by atoms with Gasteiger partial charge in [-0.05, 0) is 62.0 Å². The number of aromatic nitrogens is 1. The van der Waals surface area contributed by atoms with Crippen LogP contribution in [0.3, 0.4) is 0 Å². The second-order valence-electron chi connectivity index (χ2n) is 8.00. The average molecular weight is 437 g/mol. The molecule has 31 heavy (non-hydrogen) atoms. The number of rotatable bonds is 10. The van der Waals surface area contributed by atoms with Crippen LogP contribution in [0.2, 0.25) is 0 Å². The van der Waals surface area contributed by atoms with E-state index in [1.54, 1.807) is 11.3 Å². The summed E-state index contributed by atoms with van der Waals surface area (Å²) in [5.74, 6) is 0.169. The van der Waals surface area contributed by atoms with Crippen molar-refractivity contribution in [3.63, 3.8) is 0 Å². The van der Waals surface area contributed by atoms with E-state index >= 15 is 0 Å². The van der Waals surface area contributed by atoms with Crippen LogP contribution < -0.4 is 4.74 Å². The number of hydrogen-bond donors (Lipinski definition) is 1. The minimum absolute atomic E-state index is 0.235. The number of nitrogens with zero attached hydrogens (tertiary/aromatic N) is 2. The van der Waals surface area contributed by atoms with Gasteiger partial charge in [-0.1, -0.05) is 36.4 Å². The molecule has 2 heterocycles. The van der Waals surface area contributed by atoms with Gasteiger partial charge in [0.15, 0.2) is 0 Å². The monoisotopic (exact) mass is 436 g/mol. The molecule has 0 spiro atoms. The third kappa shape index (κ3) is 6.15. The predicted molar refractivity (Wildman–Crippen MR) is 124 cm³/mol. The zero-order valence-corrected chi connectivity index (χ0v) is 18.4. The summed E-state index contributed by atoms with van der Waals surface area (Å²) in [6, 6.07) is 17.3. The first-order valence-electron chi connectivity index (χ1n) is 10.8. The molecule has 1 atom stereocenters. The van der Waals surface area contributed by atoms with Gasteiger partial charge >= 0.3 is 5.97 Å². The highest BCUT2D eigenvalue weighted by atomic mass is 32.1. The number of hydrogen-bond acceptors (Lipinski definition) is 5. The van der Waals surface area contributed by atoms with E-state index in [0.717, 1.165) is 48.7 Å². The van der Waals surface area contributed by atoms with Crippen LogP contribution in [0.4, 0.5) is 0 Å². The molecule has 3 aromatic rings. The number of carboxylic acids is 1. The molecule has 2 aromatic carbocycles. The Kier molecular flexibility index (Phi) is 7.33. The third-order valence-corrected chi connectivity index (χ3v) is 6.56. The molecule has 1 aromatic heterocycles. The van der Waals surface area contributed by atoms with Crippen LogP contribution in [0.15, 0.2) is 60.1 Å². The number of likely N-dealkylation sites (tertiary alicyclic amines) is 1. The Balaban J connectivity index is 1.26. The minimum Gasteiger partial charge on any atom is -0.492 e. The Bertz CT molecular complexity index is 955. The van der Waals surface area contributed by atoms with Gasteiger partial charge in [-0.2, -0.15) is 0 Å². The molecule has 1 N–H and O–H groups in total. The van der Waals surface area contributed by atoms with Crippen molar-refractivity contribution in [3.05, 3.63) is 71.2 Å². The standard InChI is InChI=1S/C25H28N2O3S/c28-24(29)4-2-15-27-14-1-3-22(27)18-30-23-11-7-20(8-12-23)17-19-5-9-21(10-6-19)25-26-13-16-31-25/h5-13,16,22H,1-4,14-15,17-18H2,(H,28,29)/t22-/m0/s1. The second-order valence-corrected chi connectivity index (χ2v) is 8.89. The van der Waals surface area contributed by atoms with Gasteiger partial charge in [0.25, 0.3) is 0 Å². The summed E-state index contributed by atoms with van der Waals surface area (Å²) in [5, 5.41) is 11.9. The summed E-state index contributed by atoms with van der Waals surface area (Å²) in [6.45, 7) is 2.53. The zero-order chi connectivity index (χ0) is 21.5. The maximum Gasteiger partial charge on any atom is 0.303 e. The Morgan fingerprint density at radius 3 is 2.55 bits per heavy atom. The van der Waals surface area contributed by atoms with Gasteiger partial charge in [-0.3, -0.25) is 9.69 Å². The third-order valence-electron chi connectivity index (χ3n) is 5.74. The summed E-state index contributed by atoms with van der Waals surface area (Å²) in [7, 11) is 0. The van der Waals surface area contributed by atoms with Crippen LogP contribution in [0.1, 0.15) is 36.8 Å². The van der Waals surface area contributed by atoms with Crippen molar-refractivity contribution in [1.29, 1.82) is 0 Å². The maximum atomic E-state index is 10.7. The van der Waals surface area contributed by atoms with Crippen LogP contribution >= 0.6 is 11.3 Å². The lowest BCUT2D eigenvalue weighted by Crippen LogP contribution is -2.35. The van der Waals surface area contributed by atoms with Crippen molar-refractivity contribution in [1.82, 2.24) is 9.88 Å². The molecule has 162 valence electrons. The van der Waals surface area contributed by atoms with Crippen molar-refractivity contribution in [2.45, 2.75) is 38.1 Å². The molecule has 1 fully saturated rings. The summed E-state index contributed by atoms with van der Waals surface area (Å²) in [6.07, 6.45) is 5.92. The van der Waals surface area contributed by atoms with E-state index in [-0.39, 0.29) is 6.42 Å². The number of benzene rings is 2. The first-order chi connectivity index (χ1) is 15.2. The van der Waals surface area contributed by atoms with E-state index in [9.17, 15) is 4.79 Å². The molecule has 1 aliphatic heterocycles. The van der Waals surface area contributed by atoms with Gasteiger partial charge < -0.3 is 9.84 Å². The van der Waals surface area contributed by atoms with Crippen LogP contribution in [0.5, 0.6) is 5.75 Å². The minimum atomic E-state index is -0.720. The first kappa shape index (κ1) is 21.5. The fourth-order valence-electron chi connectivity index (χ4n) is 4.07. The average Bonchev–Trinajstić information content (AvgIpc) is 3.46. The highest BCUT2D eigenvalue weighted by Gasteiger charge is 2.24. The van der Waals surface area contributed by atoms with Crippen LogP contribution in [0, 0.1) is 0 Å². The lowest BCUT2D eigenvalue weighted by molar-refractivity contribution is -0.137. The van der Waals surface area contributed by atoms with E-state index in [0.29, 0.717) is 19.1 Å². The lowest BCUT2D eigenvalue weighted by Gasteiger charge is -2.24. The van der Waals surface area contributed by atoms with Crippen LogP contribution in [0.25, 0.3) is 10.6 Å². The summed E-state index contributed by atoms with van der Waals surface area (Å²) in [4.78, 5) is 17.5. The van der Waals surface area contributed by atoms with Crippen molar-refractivity contribution in [3.8, 4) is 16.3 Å². The molecule has 1 aliphatic rings. The van der Waals surface area contributed by atoms with E-state index in [1.165, 1.54) is 11.1 Å². The Morgan fingerprint density at radius 1 is 1.13 bits per heavy atom. The van der Waals surface area contributed by atoms with Gasteiger partial charge in [0.2, 0.25) is 0 Å². The topological polar surface area (TPSA) is 62.7 Å². The molecule has 0 bridgehead atoms. The molecule has 0 amide bonds. The highest BCUT2D eigenvalue weighted by Crippen LogP contribution is 2.24. The molecular formula is C25H28N2O3S. The number of aliphatic carboxylic acids is 1. The van der Waals surface area contributed by atoms with E-state index in [4.69, 9.17) is 9.84 Å². The van der Waals surface area contributed by atoms with Gasteiger partial charge in [0, 0.05) is 29.6 Å². The maximum absolute atomic E-state index is 10.7. The van der Waals surface area contributed by atoms with Crippen LogP contribution in [-0.2, 0) is 11.2 Å². The van der Waals surface area contributed by atoms with Crippen molar-refractivity contribution < 1.29 is 14.6 Å². The quantitative estimate of drug-likeness (QED) is 0.479. The SMILES string of the molecule is O=C(O)CCCN1CCC[C@H]1COc1ccc(Cc2ccc(-c3nccs3)cc2)cc1. The molecule has 0 radical (unpaired) electrons. The normalized spacial score (nSPS) is 16.5. The summed E-state index contributed by atoms with van der Waals surface area (Å²) in [5.41, 5.74) is 3.69. The Hall–Kier alpha value is -2.70. The molecular weight excluding hydrogens is 408 g/mol. The predicted octanol–water partition coefficient (Wildman–Crippen LogP) is 5.11. The van der Waals surface area contributed by atoms with Crippen LogP contribution in [-0.4, -0.2) is 46.7 Å². The van der Waals surface area contributed by atoms with Gasteiger partial charge in [0.1, 0.15) is 17.4 Å². The fraction of sp³-hybridized carbons (Fsp3) is 0.360. The number of carboxylic acid groups (broad SMARTS) is 1. The Labute approximate surface area is 187 Å². The van der Waals surface area contributed by atoms with Gasteiger partial charge in [-0.15, -0.1) is 11.3 Å². The summed E-state index contributed by atoms with van der Waals surface area (Å²) >= 11 is 1.65. The molecule has 6 heteroatoms. The molecule has 0 unspecified atom stereocenters. The van der Waals surface area contributed by atoms with Crippen molar-refractivity contribution >= 4 is 17.3 Å². The summed E-state index contributed by atoms with van der Waals surface area (Å²) < 4.78 is 6.05. The van der Waals surface area contributed by atoms with Gasteiger partial charge in [-0.25, -0.2) is 4.98 Å². The van der Waals surface area contributed by atoms with E-state index in [2.05, 4.69) is 46.3 Å². The van der Waals surface area contributed by atoms with E-state index < -0.39 is 5.97 Å². The molecule has 4 rings (SSSR count). The van der Waals surface area contributed by atoms with Gasteiger partial charge in [0.05, 0.1) is 0 Å². The molecule has 0 aliphatic carbocycles. The highest BCUT2D eigenvalue weighted by molar-refractivity contribution is 7.13. The fourth-order valence-corrected chi connectivity index (χ4v) is 4.72. The zero-order valence-electron chi connectivity index (χ0n) is 17.6. The second kappa shape index (κ2) is 10.6. The number of carbonyl (C=O) groups is 1. The number of thiazole rings is 1. The number of ether oxygens (including phenoxy) is 1.